The number of benzene rings is 2. The van der Waals surface area contributed by atoms with Crippen molar-refractivity contribution in [3.8, 4) is 0 Å². The van der Waals surface area contributed by atoms with Crippen LogP contribution in [-0.2, 0) is 20.7 Å². The van der Waals surface area contributed by atoms with Gasteiger partial charge in [0.05, 0.1) is 0 Å². The maximum Gasteiger partial charge on any atom is 0.331 e. The lowest BCUT2D eigenvalue weighted by molar-refractivity contribution is -0.148. The van der Waals surface area contributed by atoms with Crippen LogP contribution in [-0.4, -0.2) is 18.0 Å². The van der Waals surface area contributed by atoms with E-state index in [1.165, 1.54) is 6.08 Å². The molecule has 136 valence electrons. The summed E-state index contributed by atoms with van der Waals surface area (Å²) in [5, 5.41) is 2.87. The molecule has 0 spiro atoms. The molecule has 1 atom stereocenters. The summed E-state index contributed by atoms with van der Waals surface area (Å²) in [6, 6.07) is 13.6. The highest BCUT2D eigenvalue weighted by molar-refractivity contribution is 5.97. The molecule has 2 rings (SSSR count). The number of hydrogen-bond donors (Lipinski definition) is 1. The van der Waals surface area contributed by atoms with E-state index in [9.17, 15) is 9.59 Å². The normalized spacial score (nSPS) is 12.0. The molecular weight excluding hydrogens is 326 g/mol. The van der Waals surface area contributed by atoms with Crippen LogP contribution >= 0.6 is 0 Å². The maximum absolute atomic E-state index is 12.4. The molecule has 0 aromatic heterocycles. The fourth-order valence-corrected chi connectivity index (χ4v) is 2.54. The summed E-state index contributed by atoms with van der Waals surface area (Å²) in [5.41, 5.74) is 4.87. The van der Waals surface area contributed by atoms with Crippen molar-refractivity contribution >= 4 is 23.6 Å². The summed E-state index contributed by atoms with van der Waals surface area (Å²) in [4.78, 5) is 24.3. The Kier molecular flexibility index (Phi) is 6.73. The summed E-state index contributed by atoms with van der Waals surface area (Å²) in [6.45, 7) is 7.54. The lowest BCUT2D eigenvalue weighted by atomic mass is 10.1. The largest absolute Gasteiger partial charge is 0.449 e. The van der Waals surface area contributed by atoms with Crippen molar-refractivity contribution in [1.82, 2.24) is 0 Å². The number of carbonyl (C=O) groups excluding carboxylic acids is 2. The first kappa shape index (κ1) is 19.4. The third-order valence-electron chi connectivity index (χ3n) is 4.14. The predicted octanol–water partition coefficient (Wildman–Crippen LogP) is 4.45. The van der Waals surface area contributed by atoms with Crippen LogP contribution in [0.1, 0.15) is 36.1 Å². The standard InChI is InChI=1S/C22H25NO3/c1-5-19-8-6-7-16(3)21(19)23-22(25)17(4)26-20(24)14-13-18-11-9-15(2)10-12-18/h6-14,17H,5H2,1-4H3,(H,23,25)/b14-13+/t17-/m0/s1. The van der Waals surface area contributed by atoms with Gasteiger partial charge >= 0.3 is 5.97 Å². The van der Waals surface area contributed by atoms with Crippen LogP contribution in [0, 0.1) is 13.8 Å². The molecule has 1 amide bonds. The van der Waals surface area contributed by atoms with Crippen LogP contribution in [0.25, 0.3) is 6.08 Å². The number of anilines is 1. The average Bonchev–Trinajstić information content (AvgIpc) is 2.62. The summed E-state index contributed by atoms with van der Waals surface area (Å²) < 4.78 is 5.21. The molecule has 0 saturated carbocycles. The van der Waals surface area contributed by atoms with Crippen LogP contribution in [0.2, 0.25) is 0 Å². The first-order chi connectivity index (χ1) is 12.4. The zero-order valence-electron chi connectivity index (χ0n) is 15.7. The number of amides is 1. The quantitative estimate of drug-likeness (QED) is 0.618. The molecule has 26 heavy (non-hydrogen) atoms. The van der Waals surface area contributed by atoms with Gasteiger partial charge in [-0.25, -0.2) is 4.79 Å². The molecule has 1 N–H and O–H groups in total. The first-order valence-corrected chi connectivity index (χ1v) is 8.75. The van der Waals surface area contributed by atoms with E-state index in [1.54, 1.807) is 13.0 Å². The minimum atomic E-state index is -0.880. The number of rotatable bonds is 6. The van der Waals surface area contributed by atoms with E-state index in [0.717, 1.165) is 34.4 Å². The third-order valence-corrected chi connectivity index (χ3v) is 4.14. The molecule has 4 heteroatoms. The average molecular weight is 351 g/mol. The van der Waals surface area contributed by atoms with Gasteiger partial charge in [-0.05, 0) is 50.0 Å². The lowest BCUT2D eigenvalue weighted by Gasteiger charge is -2.16. The van der Waals surface area contributed by atoms with Crippen LogP contribution in [0.3, 0.4) is 0 Å². The zero-order valence-corrected chi connectivity index (χ0v) is 15.7. The highest BCUT2D eigenvalue weighted by atomic mass is 16.5. The SMILES string of the molecule is CCc1cccc(C)c1NC(=O)[C@H](C)OC(=O)/C=C/c1ccc(C)cc1. The van der Waals surface area contributed by atoms with E-state index in [1.807, 2.05) is 63.2 Å². The highest BCUT2D eigenvalue weighted by Crippen LogP contribution is 2.21. The Balaban J connectivity index is 1.96. The molecule has 2 aromatic carbocycles. The molecule has 0 aliphatic rings. The van der Waals surface area contributed by atoms with Crippen molar-refractivity contribution in [3.05, 3.63) is 70.8 Å². The Labute approximate surface area is 154 Å². The van der Waals surface area contributed by atoms with Gasteiger partial charge in [-0.3, -0.25) is 4.79 Å². The number of para-hydroxylation sites is 1. The van der Waals surface area contributed by atoms with Gasteiger partial charge in [0.25, 0.3) is 5.91 Å². The highest BCUT2D eigenvalue weighted by Gasteiger charge is 2.18. The molecule has 0 fully saturated rings. The van der Waals surface area contributed by atoms with Crippen molar-refractivity contribution < 1.29 is 14.3 Å². The van der Waals surface area contributed by atoms with Gasteiger partial charge in [0, 0.05) is 11.8 Å². The minimum absolute atomic E-state index is 0.342. The van der Waals surface area contributed by atoms with Crippen molar-refractivity contribution in [2.75, 3.05) is 5.32 Å². The molecule has 0 aliphatic carbocycles. The second-order valence-corrected chi connectivity index (χ2v) is 6.27. The molecule has 0 aliphatic heterocycles. The van der Waals surface area contributed by atoms with E-state index in [0.29, 0.717) is 0 Å². The van der Waals surface area contributed by atoms with E-state index in [2.05, 4.69) is 5.32 Å². The molecule has 0 bridgehead atoms. The van der Waals surface area contributed by atoms with Crippen molar-refractivity contribution in [2.24, 2.45) is 0 Å². The maximum atomic E-state index is 12.4. The number of ether oxygens (including phenoxy) is 1. The fourth-order valence-electron chi connectivity index (χ4n) is 2.54. The number of carbonyl (C=O) groups is 2. The Hall–Kier alpha value is -2.88. The van der Waals surface area contributed by atoms with E-state index < -0.39 is 12.1 Å². The number of hydrogen-bond acceptors (Lipinski definition) is 3. The van der Waals surface area contributed by atoms with Crippen LogP contribution in [0.5, 0.6) is 0 Å². The van der Waals surface area contributed by atoms with Gasteiger partial charge in [0.15, 0.2) is 6.10 Å². The van der Waals surface area contributed by atoms with Crippen LogP contribution in [0.15, 0.2) is 48.5 Å². The molecule has 2 aromatic rings. The Morgan fingerprint density at radius 3 is 2.46 bits per heavy atom. The van der Waals surface area contributed by atoms with Gasteiger partial charge in [-0.15, -0.1) is 0 Å². The molecular formula is C22H25NO3. The number of aryl methyl sites for hydroxylation is 3. The van der Waals surface area contributed by atoms with E-state index in [4.69, 9.17) is 4.74 Å². The Morgan fingerprint density at radius 2 is 1.81 bits per heavy atom. The van der Waals surface area contributed by atoms with E-state index in [-0.39, 0.29) is 5.91 Å². The summed E-state index contributed by atoms with van der Waals surface area (Å²) in [6.07, 6.45) is 2.93. The second-order valence-electron chi connectivity index (χ2n) is 6.27. The second kappa shape index (κ2) is 8.99. The fraction of sp³-hybridized carbons (Fsp3) is 0.273. The molecule has 0 radical (unpaired) electrons. The van der Waals surface area contributed by atoms with Gasteiger partial charge in [-0.2, -0.15) is 0 Å². The Morgan fingerprint density at radius 1 is 1.12 bits per heavy atom. The van der Waals surface area contributed by atoms with Gasteiger partial charge in [0.2, 0.25) is 0 Å². The van der Waals surface area contributed by atoms with Crippen molar-refractivity contribution in [3.63, 3.8) is 0 Å². The summed E-state index contributed by atoms with van der Waals surface area (Å²) in [5.74, 6) is -0.889. The van der Waals surface area contributed by atoms with E-state index >= 15 is 0 Å². The summed E-state index contributed by atoms with van der Waals surface area (Å²) >= 11 is 0. The first-order valence-electron chi connectivity index (χ1n) is 8.75. The molecule has 4 nitrogen and oxygen atoms in total. The lowest BCUT2D eigenvalue weighted by Crippen LogP contribution is -2.30. The number of esters is 1. The van der Waals surface area contributed by atoms with Crippen LogP contribution in [0.4, 0.5) is 5.69 Å². The minimum Gasteiger partial charge on any atom is -0.449 e. The summed E-state index contributed by atoms with van der Waals surface area (Å²) in [7, 11) is 0. The molecule has 0 unspecified atom stereocenters. The Bertz CT molecular complexity index is 807. The van der Waals surface area contributed by atoms with Gasteiger partial charge < -0.3 is 10.1 Å². The molecule has 0 heterocycles. The molecule has 0 saturated heterocycles. The monoisotopic (exact) mass is 351 g/mol. The third kappa shape index (κ3) is 5.31. The topological polar surface area (TPSA) is 55.4 Å². The van der Waals surface area contributed by atoms with Gasteiger partial charge in [0.1, 0.15) is 0 Å². The number of nitrogens with one attached hydrogen (secondary N) is 1. The van der Waals surface area contributed by atoms with Crippen molar-refractivity contribution in [1.29, 1.82) is 0 Å². The smallest absolute Gasteiger partial charge is 0.331 e. The van der Waals surface area contributed by atoms with Crippen molar-refractivity contribution in [2.45, 2.75) is 40.2 Å². The predicted molar refractivity (Wildman–Crippen MR) is 105 cm³/mol. The van der Waals surface area contributed by atoms with Crippen LogP contribution < -0.4 is 5.32 Å². The van der Waals surface area contributed by atoms with Gasteiger partial charge in [-0.1, -0.05) is 55.0 Å². The zero-order chi connectivity index (χ0) is 19.1.